The van der Waals surface area contributed by atoms with Crippen LogP contribution in [0, 0.1) is 5.92 Å². The first-order chi connectivity index (χ1) is 9.58. The molecule has 0 amide bonds. The molecule has 0 saturated heterocycles. The average molecular weight is 295 g/mol. The molecule has 2 nitrogen and oxygen atoms in total. The van der Waals surface area contributed by atoms with E-state index in [1.807, 2.05) is 24.3 Å². The monoisotopic (exact) mass is 294 g/mol. The Bertz CT molecular complexity index is 413. The van der Waals surface area contributed by atoms with E-state index in [4.69, 9.17) is 17.3 Å². The number of rotatable bonds is 5. The Labute approximate surface area is 128 Å². The zero-order valence-electron chi connectivity index (χ0n) is 12.7. The van der Waals surface area contributed by atoms with Crippen LogP contribution < -0.4 is 5.73 Å². The third kappa shape index (κ3) is 4.21. The number of nitrogens with two attached hydrogens (primary N) is 1. The predicted molar refractivity (Wildman–Crippen MR) is 87.0 cm³/mol. The van der Waals surface area contributed by atoms with Crippen LogP contribution in [0.5, 0.6) is 0 Å². The highest BCUT2D eigenvalue weighted by atomic mass is 35.5. The van der Waals surface area contributed by atoms with Crippen LogP contribution in [0.25, 0.3) is 0 Å². The fourth-order valence-corrected chi connectivity index (χ4v) is 3.42. The van der Waals surface area contributed by atoms with Crippen LogP contribution in [0.2, 0.25) is 5.02 Å². The molecule has 1 aliphatic carbocycles. The maximum Gasteiger partial charge on any atom is 0.0453 e. The molecule has 1 fully saturated rings. The second-order valence-corrected chi connectivity index (χ2v) is 6.72. The molecule has 0 spiro atoms. The largest absolute Gasteiger partial charge is 0.324 e. The molecule has 3 heteroatoms. The van der Waals surface area contributed by atoms with Crippen molar-refractivity contribution in [1.29, 1.82) is 0 Å². The molecule has 2 N–H and O–H groups in total. The molecular formula is C17H27ClN2. The van der Waals surface area contributed by atoms with E-state index in [2.05, 4.69) is 18.9 Å². The van der Waals surface area contributed by atoms with E-state index in [-0.39, 0.29) is 6.04 Å². The molecule has 0 aliphatic heterocycles. The summed E-state index contributed by atoms with van der Waals surface area (Å²) in [6.45, 7) is 3.41. The fraction of sp³-hybridized carbons (Fsp3) is 0.647. The van der Waals surface area contributed by atoms with Crippen molar-refractivity contribution in [2.45, 2.75) is 51.1 Å². The number of hydrogen-bond donors (Lipinski definition) is 1. The first kappa shape index (κ1) is 15.8. The van der Waals surface area contributed by atoms with Gasteiger partial charge in [-0.05, 0) is 63.2 Å². The maximum atomic E-state index is 6.28. The van der Waals surface area contributed by atoms with Gasteiger partial charge in [0.2, 0.25) is 0 Å². The molecule has 1 aromatic rings. The Hall–Kier alpha value is -0.570. The molecule has 1 aromatic carbocycles. The van der Waals surface area contributed by atoms with Crippen LogP contribution in [0.1, 0.15) is 50.6 Å². The first-order valence-electron chi connectivity index (χ1n) is 7.78. The van der Waals surface area contributed by atoms with Gasteiger partial charge in [-0.3, -0.25) is 0 Å². The molecule has 1 atom stereocenters. The minimum Gasteiger partial charge on any atom is -0.324 e. The lowest BCUT2D eigenvalue weighted by Crippen LogP contribution is -2.36. The summed E-state index contributed by atoms with van der Waals surface area (Å²) >= 11 is 6.21. The Morgan fingerprint density at radius 3 is 2.55 bits per heavy atom. The summed E-state index contributed by atoms with van der Waals surface area (Å²) in [6, 6.07) is 8.69. The zero-order chi connectivity index (χ0) is 14.5. The summed E-state index contributed by atoms with van der Waals surface area (Å²) in [5, 5.41) is 0.786. The summed E-state index contributed by atoms with van der Waals surface area (Å²) < 4.78 is 0. The van der Waals surface area contributed by atoms with Gasteiger partial charge in [-0.2, -0.15) is 0 Å². The highest BCUT2D eigenvalue weighted by Gasteiger charge is 2.22. The van der Waals surface area contributed by atoms with Gasteiger partial charge in [0.25, 0.3) is 0 Å². The van der Waals surface area contributed by atoms with Crippen molar-refractivity contribution in [1.82, 2.24) is 4.90 Å². The van der Waals surface area contributed by atoms with Crippen LogP contribution in [0.4, 0.5) is 0 Å². The summed E-state index contributed by atoms with van der Waals surface area (Å²) in [5.74, 6) is 0.907. The molecule has 112 valence electrons. The van der Waals surface area contributed by atoms with Crippen molar-refractivity contribution in [3.05, 3.63) is 34.9 Å². The Morgan fingerprint density at radius 1 is 1.25 bits per heavy atom. The van der Waals surface area contributed by atoms with Crippen molar-refractivity contribution < 1.29 is 0 Å². The summed E-state index contributed by atoms with van der Waals surface area (Å²) in [5.41, 5.74) is 7.35. The van der Waals surface area contributed by atoms with E-state index in [1.165, 1.54) is 25.7 Å². The quantitative estimate of drug-likeness (QED) is 0.880. The molecule has 0 radical (unpaired) electrons. The Kier molecular flexibility index (Phi) is 5.88. The lowest BCUT2D eigenvalue weighted by atomic mass is 9.86. The maximum absolute atomic E-state index is 6.28. The van der Waals surface area contributed by atoms with Crippen LogP contribution in [0.3, 0.4) is 0 Å². The normalized spacial score (nSPS) is 24.9. The third-order valence-corrected chi connectivity index (χ3v) is 5.05. The molecule has 1 aliphatic rings. The van der Waals surface area contributed by atoms with Crippen molar-refractivity contribution >= 4 is 11.6 Å². The lowest BCUT2D eigenvalue weighted by molar-refractivity contribution is 0.166. The van der Waals surface area contributed by atoms with Crippen molar-refractivity contribution in [2.75, 3.05) is 13.6 Å². The molecule has 1 unspecified atom stereocenters. The van der Waals surface area contributed by atoms with E-state index in [1.54, 1.807) is 0 Å². The summed E-state index contributed by atoms with van der Waals surface area (Å²) in [6.07, 6.45) is 6.36. The van der Waals surface area contributed by atoms with Crippen LogP contribution >= 0.6 is 11.6 Å². The third-order valence-electron chi connectivity index (χ3n) is 4.71. The molecule has 1 saturated carbocycles. The van der Waals surface area contributed by atoms with Crippen LogP contribution in [0.15, 0.2) is 24.3 Å². The molecule has 0 heterocycles. The van der Waals surface area contributed by atoms with Gasteiger partial charge < -0.3 is 10.6 Å². The SMILES string of the molecule is CC1CCC(N(C)CCC(N)c2ccccc2Cl)CC1. The summed E-state index contributed by atoms with van der Waals surface area (Å²) in [7, 11) is 2.24. The van der Waals surface area contributed by atoms with Crippen molar-refractivity contribution in [3.63, 3.8) is 0 Å². The highest BCUT2D eigenvalue weighted by molar-refractivity contribution is 6.31. The highest BCUT2D eigenvalue weighted by Crippen LogP contribution is 2.28. The van der Waals surface area contributed by atoms with Gasteiger partial charge in [-0.1, -0.05) is 36.7 Å². The molecular weight excluding hydrogens is 268 g/mol. The first-order valence-corrected chi connectivity index (χ1v) is 8.16. The van der Waals surface area contributed by atoms with Crippen molar-refractivity contribution in [2.24, 2.45) is 11.7 Å². The zero-order valence-corrected chi connectivity index (χ0v) is 13.4. The second kappa shape index (κ2) is 7.44. The number of hydrogen-bond acceptors (Lipinski definition) is 2. The standard InChI is InChI=1S/C17H27ClN2/c1-13-7-9-14(10-8-13)20(2)12-11-17(19)15-5-3-4-6-16(15)18/h3-6,13-14,17H,7-12,19H2,1-2H3. The molecule has 2 rings (SSSR count). The van der Waals surface area contributed by atoms with E-state index in [0.717, 1.165) is 35.5 Å². The predicted octanol–water partition coefficient (Wildman–Crippen LogP) is 4.24. The van der Waals surface area contributed by atoms with Crippen molar-refractivity contribution in [3.8, 4) is 0 Å². The fourth-order valence-electron chi connectivity index (χ4n) is 3.14. The van der Waals surface area contributed by atoms with E-state index >= 15 is 0 Å². The Balaban J connectivity index is 1.81. The van der Waals surface area contributed by atoms with Crippen LogP contribution in [-0.4, -0.2) is 24.5 Å². The van der Waals surface area contributed by atoms with Gasteiger partial charge in [0.05, 0.1) is 0 Å². The van der Waals surface area contributed by atoms with E-state index < -0.39 is 0 Å². The molecule has 0 aromatic heterocycles. The van der Waals surface area contributed by atoms with Gasteiger partial charge in [-0.25, -0.2) is 0 Å². The van der Waals surface area contributed by atoms with Gasteiger partial charge >= 0.3 is 0 Å². The number of nitrogens with zero attached hydrogens (tertiary/aromatic N) is 1. The summed E-state index contributed by atoms with van der Waals surface area (Å²) in [4.78, 5) is 2.49. The molecule has 20 heavy (non-hydrogen) atoms. The smallest absolute Gasteiger partial charge is 0.0453 e. The average Bonchev–Trinajstić information content (AvgIpc) is 2.45. The number of benzene rings is 1. The van der Waals surface area contributed by atoms with Gasteiger partial charge in [0.1, 0.15) is 0 Å². The molecule has 0 bridgehead atoms. The second-order valence-electron chi connectivity index (χ2n) is 6.31. The number of halogens is 1. The van der Waals surface area contributed by atoms with Crippen LogP contribution in [-0.2, 0) is 0 Å². The van der Waals surface area contributed by atoms with Gasteiger partial charge in [0.15, 0.2) is 0 Å². The minimum atomic E-state index is 0.0358. The van der Waals surface area contributed by atoms with Gasteiger partial charge in [0, 0.05) is 17.1 Å². The van der Waals surface area contributed by atoms with Gasteiger partial charge in [-0.15, -0.1) is 0 Å². The van der Waals surface area contributed by atoms with E-state index in [0.29, 0.717) is 0 Å². The van der Waals surface area contributed by atoms with E-state index in [9.17, 15) is 0 Å². The lowest BCUT2D eigenvalue weighted by Gasteiger charge is -2.34. The minimum absolute atomic E-state index is 0.0358. The Morgan fingerprint density at radius 2 is 1.90 bits per heavy atom. The topological polar surface area (TPSA) is 29.3 Å².